The summed E-state index contributed by atoms with van der Waals surface area (Å²) in [5.74, 6) is 0.149. The van der Waals surface area contributed by atoms with E-state index in [9.17, 15) is 9.59 Å². The third-order valence-corrected chi connectivity index (χ3v) is 6.75. The molecule has 8 nitrogen and oxygen atoms in total. The van der Waals surface area contributed by atoms with Crippen LogP contribution in [0, 0.1) is 0 Å². The number of fused-ring (bicyclic) bond motifs is 1. The number of carbonyl (C=O) groups excluding carboxylic acids is 2. The summed E-state index contributed by atoms with van der Waals surface area (Å²) in [7, 11) is 1.37. The lowest BCUT2D eigenvalue weighted by atomic mass is 9.93. The minimum absolute atomic E-state index is 0.0354. The zero-order valence-corrected chi connectivity index (χ0v) is 18.9. The van der Waals surface area contributed by atoms with Crippen molar-refractivity contribution >= 4 is 12.0 Å². The predicted molar refractivity (Wildman–Crippen MR) is 116 cm³/mol. The van der Waals surface area contributed by atoms with Crippen molar-refractivity contribution in [2.75, 3.05) is 20.3 Å². The predicted octanol–water partition coefficient (Wildman–Crippen LogP) is 3.13. The number of aryl methyl sites for hydroxylation is 1. The van der Waals surface area contributed by atoms with Gasteiger partial charge in [0, 0.05) is 31.4 Å². The molecule has 2 heterocycles. The van der Waals surface area contributed by atoms with Gasteiger partial charge >= 0.3 is 6.09 Å². The fourth-order valence-corrected chi connectivity index (χ4v) is 4.99. The third-order valence-electron chi connectivity index (χ3n) is 6.75. The Morgan fingerprint density at radius 2 is 2.03 bits per heavy atom. The molecule has 1 aromatic rings. The van der Waals surface area contributed by atoms with E-state index in [0.29, 0.717) is 19.2 Å². The van der Waals surface area contributed by atoms with Crippen LogP contribution in [0.25, 0.3) is 0 Å². The molecular formula is C23H36N4O4. The molecule has 2 atom stereocenters. The van der Waals surface area contributed by atoms with E-state index in [1.165, 1.54) is 31.2 Å². The van der Waals surface area contributed by atoms with E-state index >= 15 is 0 Å². The Bertz CT molecular complexity index is 783. The van der Waals surface area contributed by atoms with Crippen molar-refractivity contribution in [3.8, 4) is 0 Å². The molecule has 1 N–H and O–H groups in total. The van der Waals surface area contributed by atoms with Crippen LogP contribution in [0.1, 0.15) is 81.3 Å². The SMILES string of the molecule is COC(=O)NCCCn1nc([C@@H](C)N(C(=O)[C@H]2CCCCO2)C2CC2)c2c1CCCC2. The number of alkyl carbamates (subject to hydrolysis) is 1. The van der Waals surface area contributed by atoms with Gasteiger partial charge in [0.15, 0.2) is 0 Å². The minimum atomic E-state index is -0.402. The molecule has 8 heteroatoms. The molecule has 31 heavy (non-hydrogen) atoms. The van der Waals surface area contributed by atoms with Crippen LogP contribution < -0.4 is 5.32 Å². The number of aromatic nitrogens is 2. The molecule has 2 amide bonds. The lowest BCUT2D eigenvalue weighted by Crippen LogP contribution is -2.44. The summed E-state index contributed by atoms with van der Waals surface area (Å²) in [6.07, 6.45) is 9.59. The summed E-state index contributed by atoms with van der Waals surface area (Å²) in [6, 6.07) is 0.286. The van der Waals surface area contributed by atoms with Crippen molar-refractivity contribution in [3.63, 3.8) is 0 Å². The maximum atomic E-state index is 13.4. The molecule has 1 aromatic heterocycles. The van der Waals surface area contributed by atoms with Crippen molar-refractivity contribution in [1.29, 1.82) is 0 Å². The van der Waals surface area contributed by atoms with Crippen LogP contribution in [0.2, 0.25) is 0 Å². The fraction of sp³-hybridized carbons (Fsp3) is 0.783. The Morgan fingerprint density at radius 1 is 1.23 bits per heavy atom. The van der Waals surface area contributed by atoms with Crippen LogP contribution in [0.15, 0.2) is 0 Å². The summed E-state index contributed by atoms with van der Waals surface area (Å²) < 4.78 is 12.6. The minimum Gasteiger partial charge on any atom is -0.453 e. The van der Waals surface area contributed by atoms with Gasteiger partial charge in [-0.05, 0) is 76.7 Å². The van der Waals surface area contributed by atoms with Crippen molar-refractivity contribution in [2.45, 2.75) is 95.9 Å². The molecule has 1 aliphatic heterocycles. The Labute approximate surface area is 184 Å². The molecule has 1 saturated carbocycles. The number of ether oxygens (including phenoxy) is 2. The number of nitrogens with zero attached hydrogens (tertiary/aromatic N) is 3. The quantitative estimate of drug-likeness (QED) is 0.638. The van der Waals surface area contributed by atoms with E-state index in [-0.39, 0.29) is 18.1 Å². The lowest BCUT2D eigenvalue weighted by Gasteiger charge is -2.33. The summed E-state index contributed by atoms with van der Waals surface area (Å²) in [4.78, 5) is 26.8. The summed E-state index contributed by atoms with van der Waals surface area (Å²) in [5, 5.41) is 7.76. The Kier molecular flexibility index (Phi) is 7.15. The monoisotopic (exact) mass is 432 g/mol. The molecule has 0 spiro atoms. The smallest absolute Gasteiger partial charge is 0.406 e. The Hall–Kier alpha value is -2.09. The van der Waals surface area contributed by atoms with E-state index in [4.69, 9.17) is 9.84 Å². The van der Waals surface area contributed by atoms with Crippen LogP contribution in [0.3, 0.4) is 0 Å². The second-order valence-corrected chi connectivity index (χ2v) is 9.02. The van der Waals surface area contributed by atoms with Crippen LogP contribution in [-0.2, 0) is 33.7 Å². The zero-order valence-electron chi connectivity index (χ0n) is 18.9. The van der Waals surface area contributed by atoms with Crippen molar-refractivity contribution in [1.82, 2.24) is 20.0 Å². The lowest BCUT2D eigenvalue weighted by molar-refractivity contribution is -0.149. The number of nitrogens with one attached hydrogen (secondary N) is 1. The Morgan fingerprint density at radius 3 is 2.74 bits per heavy atom. The maximum absolute atomic E-state index is 13.4. The van der Waals surface area contributed by atoms with Gasteiger partial charge in [0.2, 0.25) is 0 Å². The van der Waals surface area contributed by atoms with E-state index in [1.807, 2.05) is 0 Å². The molecule has 0 radical (unpaired) electrons. The normalized spacial score (nSPS) is 21.8. The van der Waals surface area contributed by atoms with Gasteiger partial charge in [-0.15, -0.1) is 0 Å². The van der Waals surface area contributed by atoms with Crippen molar-refractivity contribution in [3.05, 3.63) is 17.0 Å². The second-order valence-electron chi connectivity index (χ2n) is 9.02. The molecule has 0 bridgehead atoms. The van der Waals surface area contributed by atoms with Gasteiger partial charge in [0.05, 0.1) is 18.8 Å². The molecule has 1 saturated heterocycles. The number of rotatable bonds is 8. The highest BCUT2D eigenvalue weighted by Crippen LogP contribution is 2.38. The number of hydrogen-bond acceptors (Lipinski definition) is 5. The summed E-state index contributed by atoms with van der Waals surface area (Å²) in [6.45, 7) is 4.13. The standard InChI is InChI=1S/C23H36N4O4/c1-16(27(17-11-12-17)22(28)20-10-5-6-15-31-20)21-18-8-3-4-9-19(18)26(25-21)14-7-13-24-23(29)30-2/h16-17,20H,3-15H2,1-2H3,(H,24,29)/t16-,20-/m1/s1. The first-order valence-corrected chi connectivity index (χ1v) is 11.9. The molecule has 0 aromatic carbocycles. The molecule has 4 rings (SSSR count). The first-order chi connectivity index (χ1) is 15.1. The highest BCUT2D eigenvalue weighted by Gasteiger charge is 2.41. The number of amides is 2. The van der Waals surface area contributed by atoms with Gasteiger partial charge in [-0.3, -0.25) is 9.48 Å². The van der Waals surface area contributed by atoms with Gasteiger partial charge in [0.25, 0.3) is 5.91 Å². The third kappa shape index (κ3) is 5.05. The second kappa shape index (κ2) is 10.0. The molecule has 2 fully saturated rings. The largest absolute Gasteiger partial charge is 0.453 e. The number of methoxy groups -OCH3 is 1. The van der Waals surface area contributed by atoms with E-state index in [1.54, 1.807) is 0 Å². The fourth-order valence-electron chi connectivity index (χ4n) is 4.99. The highest BCUT2D eigenvalue weighted by atomic mass is 16.5. The van der Waals surface area contributed by atoms with Gasteiger partial charge in [0.1, 0.15) is 6.10 Å². The van der Waals surface area contributed by atoms with Crippen molar-refractivity contribution in [2.24, 2.45) is 0 Å². The van der Waals surface area contributed by atoms with Crippen LogP contribution in [-0.4, -0.2) is 59.1 Å². The van der Waals surface area contributed by atoms with Gasteiger partial charge < -0.3 is 19.7 Å². The molecule has 172 valence electrons. The average molecular weight is 433 g/mol. The van der Waals surface area contributed by atoms with Crippen LogP contribution >= 0.6 is 0 Å². The number of hydrogen-bond donors (Lipinski definition) is 1. The van der Waals surface area contributed by atoms with Gasteiger partial charge in [-0.2, -0.15) is 5.10 Å². The van der Waals surface area contributed by atoms with Gasteiger partial charge in [-0.1, -0.05) is 0 Å². The molecule has 3 aliphatic rings. The summed E-state index contributed by atoms with van der Waals surface area (Å²) >= 11 is 0. The average Bonchev–Trinajstić information content (AvgIpc) is 3.57. The molecule has 2 aliphatic carbocycles. The van der Waals surface area contributed by atoms with Crippen molar-refractivity contribution < 1.29 is 19.1 Å². The Balaban J connectivity index is 1.50. The van der Waals surface area contributed by atoms with E-state index < -0.39 is 6.09 Å². The topological polar surface area (TPSA) is 85.7 Å². The number of carbonyl (C=O) groups is 2. The van der Waals surface area contributed by atoms with Crippen LogP contribution in [0.5, 0.6) is 0 Å². The van der Waals surface area contributed by atoms with E-state index in [2.05, 4.69) is 26.6 Å². The summed E-state index contributed by atoms with van der Waals surface area (Å²) in [5.41, 5.74) is 3.71. The molecule has 0 unspecified atom stereocenters. The highest BCUT2D eigenvalue weighted by molar-refractivity contribution is 5.82. The maximum Gasteiger partial charge on any atom is 0.406 e. The first kappa shape index (κ1) is 22.1. The molecular weight excluding hydrogens is 396 g/mol. The zero-order chi connectivity index (χ0) is 21.8. The van der Waals surface area contributed by atoms with Crippen LogP contribution in [0.4, 0.5) is 4.79 Å². The van der Waals surface area contributed by atoms with E-state index in [0.717, 1.165) is 63.6 Å². The first-order valence-electron chi connectivity index (χ1n) is 11.9. The van der Waals surface area contributed by atoms with Gasteiger partial charge in [-0.25, -0.2) is 4.79 Å².